The Morgan fingerprint density at radius 2 is 1.82 bits per heavy atom. The standard InChI is InChI=1S/C16H20N2O3S/c17-22(20,21)15-6-1-12(2-7-15)3-8-16(19)18-10-9-14(11-18)13-4-5-13/h1-3,6-8,13-14H,4-5,9-11H2,(H2,17,20,21)/b8-3+. The van der Waals surface area contributed by atoms with Crippen LogP contribution in [-0.4, -0.2) is 32.3 Å². The van der Waals surface area contributed by atoms with E-state index in [2.05, 4.69) is 0 Å². The van der Waals surface area contributed by atoms with Crippen LogP contribution >= 0.6 is 0 Å². The van der Waals surface area contributed by atoms with E-state index in [1.807, 2.05) is 4.90 Å². The topological polar surface area (TPSA) is 80.5 Å². The second kappa shape index (κ2) is 5.85. The molecule has 1 amide bonds. The molecule has 5 nitrogen and oxygen atoms in total. The molecule has 118 valence electrons. The van der Waals surface area contributed by atoms with Crippen LogP contribution in [-0.2, 0) is 14.8 Å². The van der Waals surface area contributed by atoms with E-state index in [-0.39, 0.29) is 10.8 Å². The zero-order chi connectivity index (χ0) is 15.7. The lowest BCUT2D eigenvalue weighted by atomic mass is 10.0. The second-order valence-electron chi connectivity index (χ2n) is 6.12. The molecule has 1 aliphatic carbocycles. The first kappa shape index (κ1) is 15.2. The van der Waals surface area contributed by atoms with Crippen molar-refractivity contribution in [3.05, 3.63) is 35.9 Å². The summed E-state index contributed by atoms with van der Waals surface area (Å²) in [6.07, 6.45) is 7.02. The van der Waals surface area contributed by atoms with Gasteiger partial charge in [0.25, 0.3) is 0 Å². The number of carbonyl (C=O) groups excluding carboxylic acids is 1. The third-order valence-electron chi connectivity index (χ3n) is 4.45. The van der Waals surface area contributed by atoms with Gasteiger partial charge in [0.05, 0.1) is 4.90 Å². The normalized spacial score (nSPS) is 22.4. The summed E-state index contributed by atoms with van der Waals surface area (Å²) in [6.45, 7) is 1.72. The summed E-state index contributed by atoms with van der Waals surface area (Å²) in [5, 5.41) is 5.05. The molecule has 1 saturated heterocycles. The molecular formula is C16H20N2O3S. The summed E-state index contributed by atoms with van der Waals surface area (Å²) in [5.41, 5.74) is 0.777. The van der Waals surface area contributed by atoms with Gasteiger partial charge in [-0.3, -0.25) is 4.79 Å². The molecular weight excluding hydrogens is 300 g/mol. The predicted molar refractivity (Wildman–Crippen MR) is 84.3 cm³/mol. The number of likely N-dealkylation sites (tertiary alicyclic amines) is 1. The average Bonchev–Trinajstić information content (AvgIpc) is 3.22. The highest BCUT2D eigenvalue weighted by Crippen LogP contribution is 2.41. The number of hydrogen-bond donors (Lipinski definition) is 1. The molecule has 2 aliphatic rings. The van der Waals surface area contributed by atoms with Crippen molar-refractivity contribution in [1.29, 1.82) is 0 Å². The monoisotopic (exact) mass is 320 g/mol. The van der Waals surface area contributed by atoms with Crippen molar-refractivity contribution in [2.75, 3.05) is 13.1 Å². The Balaban J connectivity index is 1.60. The quantitative estimate of drug-likeness (QED) is 0.856. The lowest BCUT2D eigenvalue weighted by molar-refractivity contribution is -0.125. The first-order chi connectivity index (χ1) is 10.4. The maximum absolute atomic E-state index is 12.2. The lowest BCUT2D eigenvalue weighted by Gasteiger charge is -2.14. The van der Waals surface area contributed by atoms with Gasteiger partial charge in [-0.2, -0.15) is 0 Å². The molecule has 1 saturated carbocycles. The molecule has 0 spiro atoms. The van der Waals surface area contributed by atoms with Gasteiger partial charge in [-0.1, -0.05) is 12.1 Å². The third kappa shape index (κ3) is 3.56. The Kier molecular flexibility index (Phi) is 4.06. The second-order valence-corrected chi connectivity index (χ2v) is 7.68. The Bertz CT molecular complexity index is 691. The van der Waals surface area contributed by atoms with Crippen molar-refractivity contribution in [1.82, 2.24) is 4.90 Å². The highest BCUT2D eigenvalue weighted by atomic mass is 32.2. The SMILES string of the molecule is NS(=O)(=O)c1ccc(/C=C/C(=O)N2CCC(C3CC3)C2)cc1. The van der Waals surface area contributed by atoms with Crippen molar-refractivity contribution in [3.8, 4) is 0 Å². The zero-order valence-electron chi connectivity index (χ0n) is 12.3. The summed E-state index contributed by atoms with van der Waals surface area (Å²) in [4.78, 5) is 14.1. The molecule has 1 aromatic rings. The molecule has 0 aromatic heterocycles. The number of primary sulfonamides is 1. The number of rotatable bonds is 4. The first-order valence-electron chi connectivity index (χ1n) is 7.53. The molecule has 1 aliphatic heterocycles. The number of amides is 1. The molecule has 22 heavy (non-hydrogen) atoms. The Morgan fingerprint density at radius 1 is 1.14 bits per heavy atom. The van der Waals surface area contributed by atoms with Crippen LogP contribution in [0, 0.1) is 11.8 Å². The van der Waals surface area contributed by atoms with E-state index in [4.69, 9.17) is 5.14 Å². The molecule has 1 atom stereocenters. The van der Waals surface area contributed by atoms with Crippen LogP contribution in [0.5, 0.6) is 0 Å². The largest absolute Gasteiger partial charge is 0.339 e. The fourth-order valence-electron chi connectivity index (χ4n) is 2.98. The minimum Gasteiger partial charge on any atom is -0.339 e. The fourth-order valence-corrected chi connectivity index (χ4v) is 3.50. The third-order valence-corrected chi connectivity index (χ3v) is 5.38. The number of benzene rings is 1. The van der Waals surface area contributed by atoms with Crippen molar-refractivity contribution >= 4 is 22.0 Å². The minimum absolute atomic E-state index is 0.0265. The van der Waals surface area contributed by atoms with Gasteiger partial charge in [-0.25, -0.2) is 13.6 Å². The molecule has 6 heteroatoms. The van der Waals surface area contributed by atoms with Gasteiger partial charge in [0.15, 0.2) is 0 Å². The first-order valence-corrected chi connectivity index (χ1v) is 9.08. The van der Waals surface area contributed by atoms with Crippen molar-refractivity contribution < 1.29 is 13.2 Å². The number of hydrogen-bond acceptors (Lipinski definition) is 3. The van der Waals surface area contributed by atoms with E-state index >= 15 is 0 Å². The van der Waals surface area contributed by atoms with Crippen LogP contribution in [0.3, 0.4) is 0 Å². The van der Waals surface area contributed by atoms with Gasteiger partial charge in [0.1, 0.15) is 0 Å². The van der Waals surface area contributed by atoms with E-state index in [1.165, 1.54) is 25.0 Å². The number of nitrogens with zero attached hydrogens (tertiary/aromatic N) is 1. The summed E-state index contributed by atoms with van der Waals surface area (Å²) in [7, 11) is -3.67. The smallest absolute Gasteiger partial charge is 0.246 e. The molecule has 1 heterocycles. The average molecular weight is 320 g/mol. The fraction of sp³-hybridized carbons (Fsp3) is 0.438. The van der Waals surface area contributed by atoms with Crippen LogP contribution in [0.25, 0.3) is 6.08 Å². The predicted octanol–water partition coefficient (Wildman–Crippen LogP) is 1.61. The maximum Gasteiger partial charge on any atom is 0.246 e. The zero-order valence-corrected chi connectivity index (χ0v) is 13.1. The summed E-state index contributed by atoms with van der Waals surface area (Å²) in [6, 6.07) is 6.16. The lowest BCUT2D eigenvalue weighted by Crippen LogP contribution is -2.27. The number of nitrogens with two attached hydrogens (primary N) is 1. The molecule has 2 N–H and O–H groups in total. The van der Waals surface area contributed by atoms with Crippen molar-refractivity contribution in [3.63, 3.8) is 0 Å². The number of sulfonamides is 1. The molecule has 0 radical (unpaired) electrons. The minimum atomic E-state index is -3.67. The number of carbonyl (C=O) groups is 1. The van der Waals surface area contributed by atoms with E-state index in [1.54, 1.807) is 24.3 Å². The van der Waals surface area contributed by atoms with E-state index < -0.39 is 10.0 Å². The van der Waals surface area contributed by atoms with Gasteiger partial charge >= 0.3 is 0 Å². The molecule has 1 aromatic carbocycles. The van der Waals surface area contributed by atoms with Crippen molar-refractivity contribution in [2.45, 2.75) is 24.2 Å². The van der Waals surface area contributed by atoms with Gasteiger partial charge < -0.3 is 4.90 Å². The van der Waals surface area contributed by atoms with Crippen LogP contribution < -0.4 is 5.14 Å². The molecule has 1 unspecified atom stereocenters. The van der Waals surface area contributed by atoms with E-state index in [0.29, 0.717) is 5.92 Å². The van der Waals surface area contributed by atoms with Gasteiger partial charge in [0.2, 0.25) is 15.9 Å². The van der Waals surface area contributed by atoms with Gasteiger partial charge in [-0.05, 0) is 54.9 Å². The Morgan fingerprint density at radius 3 is 2.41 bits per heavy atom. The van der Waals surface area contributed by atoms with Crippen LogP contribution in [0.1, 0.15) is 24.8 Å². The molecule has 0 bridgehead atoms. The van der Waals surface area contributed by atoms with Crippen LogP contribution in [0.15, 0.2) is 35.2 Å². The van der Waals surface area contributed by atoms with Crippen molar-refractivity contribution in [2.24, 2.45) is 17.0 Å². The maximum atomic E-state index is 12.2. The molecule has 2 fully saturated rings. The highest BCUT2D eigenvalue weighted by molar-refractivity contribution is 7.89. The summed E-state index contributed by atoms with van der Waals surface area (Å²) >= 11 is 0. The van der Waals surface area contributed by atoms with E-state index in [0.717, 1.165) is 31.0 Å². The Hall–Kier alpha value is -1.66. The van der Waals surface area contributed by atoms with Crippen LogP contribution in [0.4, 0.5) is 0 Å². The van der Waals surface area contributed by atoms with Gasteiger partial charge in [0, 0.05) is 19.2 Å². The highest BCUT2D eigenvalue weighted by Gasteiger charge is 2.36. The van der Waals surface area contributed by atoms with E-state index in [9.17, 15) is 13.2 Å². The van der Waals surface area contributed by atoms with Gasteiger partial charge in [-0.15, -0.1) is 0 Å². The Labute approximate surface area is 130 Å². The van der Waals surface area contributed by atoms with Crippen LogP contribution in [0.2, 0.25) is 0 Å². The summed E-state index contributed by atoms with van der Waals surface area (Å²) in [5.74, 6) is 1.55. The summed E-state index contributed by atoms with van der Waals surface area (Å²) < 4.78 is 22.3. The molecule has 3 rings (SSSR count).